The van der Waals surface area contributed by atoms with Gasteiger partial charge in [-0.15, -0.1) is 10.2 Å². The normalized spacial score (nSPS) is 12.4. The predicted octanol–water partition coefficient (Wildman–Crippen LogP) is 5.17. The molecule has 1 unspecified atom stereocenters. The van der Waals surface area contributed by atoms with Gasteiger partial charge >= 0.3 is 11.5 Å². The van der Waals surface area contributed by atoms with E-state index in [9.17, 15) is 28.1 Å². The van der Waals surface area contributed by atoms with Gasteiger partial charge in [-0.2, -0.15) is 13.2 Å². The summed E-state index contributed by atoms with van der Waals surface area (Å²) < 4.78 is 47.7. The van der Waals surface area contributed by atoms with Crippen LogP contribution < -0.4 is 0 Å². The lowest BCUT2D eigenvalue weighted by molar-refractivity contribution is -0.384. The van der Waals surface area contributed by atoms with E-state index in [1.54, 1.807) is 0 Å². The molecule has 156 valence electrons. The van der Waals surface area contributed by atoms with Gasteiger partial charge in [-0.3, -0.25) is 10.1 Å². The van der Waals surface area contributed by atoms with Gasteiger partial charge in [0.2, 0.25) is 5.89 Å². The van der Waals surface area contributed by atoms with Crippen LogP contribution in [0.1, 0.15) is 29.3 Å². The maximum absolute atomic E-state index is 12.4. The summed E-state index contributed by atoms with van der Waals surface area (Å²) in [6, 6.07) is 10.2. The van der Waals surface area contributed by atoms with Crippen molar-refractivity contribution in [2.45, 2.75) is 23.4 Å². The van der Waals surface area contributed by atoms with Crippen molar-refractivity contribution in [2.24, 2.45) is 0 Å². The Balaban J connectivity index is 1.65. The van der Waals surface area contributed by atoms with Crippen LogP contribution >= 0.6 is 11.8 Å². The molecule has 1 aromatic heterocycles. The van der Waals surface area contributed by atoms with Crippen molar-refractivity contribution in [3.63, 3.8) is 0 Å². The Labute approximate surface area is 171 Å². The average molecular weight is 439 g/mol. The molecule has 1 atom stereocenters. The van der Waals surface area contributed by atoms with Crippen molar-refractivity contribution >= 4 is 23.4 Å². The lowest BCUT2D eigenvalue weighted by atomic mass is 10.2. The number of carbonyl (C=O) groups excluding carboxylic acids is 1. The Morgan fingerprint density at radius 3 is 2.33 bits per heavy atom. The zero-order valence-electron chi connectivity index (χ0n) is 15.1. The fourth-order valence-electron chi connectivity index (χ4n) is 2.31. The topological polar surface area (TPSA) is 108 Å². The molecule has 1 heterocycles. The summed E-state index contributed by atoms with van der Waals surface area (Å²) >= 11 is -0.288. The van der Waals surface area contributed by atoms with Gasteiger partial charge in [0.15, 0.2) is 6.10 Å². The van der Waals surface area contributed by atoms with Gasteiger partial charge in [0.05, 0.1) is 10.5 Å². The number of hydrogen-bond donors (Lipinski definition) is 0. The van der Waals surface area contributed by atoms with Crippen molar-refractivity contribution in [3.8, 4) is 11.5 Å². The van der Waals surface area contributed by atoms with Crippen LogP contribution in [0.4, 0.5) is 18.9 Å². The second-order valence-corrected chi connectivity index (χ2v) is 7.01. The third-order valence-corrected chi connectivity index (χ3v) is 4.46. The third kappa shape index (κ3) is 5.35. The standard InChI is InChI=1S/C18H12F3N3O5S/c1-10(28-17(25)12-4-8-14(9-5-12)30-18(19,20)21)15-22-23-16(29-15)11-2-6-13(7-3-11)24(26)27/h2-10H,1H3. The molecular formula is C18H12F3N3O5S. The molecule has 0 amide bonds. The number of carbonyl (C=O) groups is 1. The molecule has 0 aliphatic heterocycles. The number of nitro groups is 1. The number of alkyl halides is 3. The SMILES string of the molecule is CC(OC(=O)c1ccc(SC(F)(F)F)cc1)c1nnc(-c2ccc([N+](=O)[O-])cc2)o1. The molecule has 0 bridgehead atoms. The summed E-state index contributed by atoms with van der Waals surface area (Å²) in [5.41, 5.74) is -4.02. The number of esters is 1. The molecule has 0 fully saturated rings. The fourth-order valence-corrected chi connectivity index (χ4v) is 2.85. The maximum Gasteiger partial charge on any atom is 0.446 e. The van der Waals surface area contributed by atoms with E-state index in [0.29, 0.717) is 5.56 Å². The lowest BCUT2D eigenvalue weighted by Gasteiger charge is -2.10. The molecule has 3 rings (SSSR count). The Bertz CT molecular complexity index is 1050. The Kier molecular flexibility index (Phi) is 6.06. The number of thioether (sulfide) groups is 1. The number of halogens is 3. The quantitative estimate of drug-likeness (QED) is 0.224. The van der Waals surface area contributed by atoms with E-state index in [1.165, 1.54) is 55.5 Å². The maximum atomic E-state index is 12.4. The molecule has 0 N–H and O–H groups in total. The summed E-state index contributed by atoms with van der Waals surface area (Å²) in [5, 5.41) is 18.3. The van der Waals surface area contributed by atoms with Gasteiger partial charge in [-0.25, -0.2) is 4.79 Å². The molecule has 8 nitrogen and oxygen atoms in total. The molecule has 0 spiro atoms. The van der Waals surface area contributed by atoms with Crippen LogP contribution in [0.15, 0.2) is 57.8 Å². The van der Waals surface area contributed by atoms with Gasteiger partial charge in [0, 0.05) is 22.6 Å². The molecule has 0 radical (unpaired) electrons. The first-order valence-electron chi connectivity index (χ1n) is 8.27. The monoisotopic (exact) mass is 439 g/mol. The van der Waals surface area contributed by atoms with Crippen LogP contribution in [0.5, 0.6) is 0 Å². The zero-order valence-corrected chi connectivity index (χ0v) is 15.9. The van der Waals surface area contributed by atoms with E-state index in [4.69, 9.17) is 9.15 Å². The summed E-state index contributed by atoms with van der Waals surface area (Å²) in [6.45, 7) is 1.49. The molecule has 0 saturated heterocycles. The lowest BCUT2D eigenvalue weighted by Crippen LogP contribution is -2.09. The summed E-state index contributed by atoms with van der Waals surface area (Å²) in [4.78, 5) is 22.3. The average Bonchev–Trinajstić information content (AvgIpc) is 3.17. The van der Waals surface area contributed by atoms with Crippen molar-refractivity contribution in [1.82, 2.24) is 10.2 Å². The van der Waals surface area contributed by atoms with Gasteiger partial charge < -0.3 is 9.15 Å². The molecule has 0 aliphatic carbocycles. The van der Waals surface area contributed by atoms with Crippen molar-refractivity contribution in [1.29, 1.82) is 0 Å². The minimum Gasteiger partial charge on any atom is -0.449 e. The molecule has 0 saturated carbocycles. The second kappa shape index (κ2) is 8.53. The number of nitrogens with zero attached hydrogens (tertiary/aromatic N) is 3. The van der Waals surface area contributed by atoms with Gasteiger partial charge in [0.1, 0.15) is 0 Å². The Morgan fingerprint density at radius 2 is 1.77 bits per heavy atom. The van der Waals surface area contributed by atoms with Crippen molar-refractivity contribution in [3.05, 3.63) is 70.1 Å². The minimum absolute atomic E-state index is 0.0130. The van der Waals surface area contributed by atoms with Crippen LogP contribution in [0.3, 0.4) is 0 Å². The number of hydrogen-bond acceptors (Lipinski definition) is 8. The van der Waals surface area contributed by atoms with E-state index in [-0.39, 0.29) is 39.7 Å². The van der Waals surface area contributed by atoms with Crippen LogP contribution in [0.2, 0.25) is 0 Å². The molecule has 3 aromatic rings. The van der Waals surface area contributed by atoms with E-state index in [2.05, 4.69) is 10.2 Å². The highest BCUT2D eigenvalue weighted by molar-refractivity contribution is 8.00. The van der Waals surface area contributed by atoms with Crippen molar-refractivity contribution in [2.75, 3.05) is 0 Å². The molecule has 30 heavy (non-hydrogen) atoms. The summed E-state index contributed by atoms with van der Waals surface area (Å²) in [5.74, 6) is -0.710. The number of aromatic nitrogens is 2. The third-order valence-electron chi connectivity index (χ3n) is 3.72. The van der Waals surface area contributed by atoms with E-state index >= 15 is 0 Å². The Hall–Kier alpha value is -3.41. The van der Waals surface area contributed by atoms with Gasteiger partial charge in [0.25, 0.3) is 11.6 Å². The zero-order chi connectivity index (χ0) is 21.9. The van der Waals surface area contributed by atoms with E-state index in [0.717, 1.165) is 0 Å². The molecular weight excluding hydrogens is 427 g/mol. The molecule has 12 heteroatoms. The van der Waals surface area contributed by atoms with E-state index < -0.39 is 22.5 Å². The summed E-state index contributed by atoms with van der Waals surface area (Å²) in [7, 11) is 0. The van der Waals surface area contributed by atoms with E-state index in [1.807, 2.05) is 0 Å². The summed E-state index contributed by atoms with van der Waals surface area (Å²) in [6.07, 6.45) is -0.930. The molecule has 2 aromatic carbocycles. The van der Waals surface area contributed by atoms with Crippen molar-refractivity contribution < 1.29 is 32.0 Å². The number of ether oxygens (including phenoxy) is 1. The Morgan fingerprint density at radius 1 is 1.13 bits per heavy atom. The van der Waals surface area contributed by atoms with Crippen LogP contribution in [0.25, 0.3) is 11.5 Å². The van der Waals surface area contributed by atoms with Crippen LogP contribution in [-0.4, -0.2) is 26.6 Å². The number of non-ortho nitro benzene ring substituents is 1. The first kappa shape index (κ1) is 21.3. The first-order chi connectivity index (χ1) is 14.1. The largest absolute Gasteiger partial charge is 0.449 e. The van der Waals surface area contributed by atoms with Gasteiger partial charge in [-0.05, 0) is 55.1 Å². The second-order valence-electron chi connectivity index (χ2n) is 5.87. The smallest absolute Gasteiger partial charge is 0.446 e. The highest BCUT2D eigenvalue weighted by atomic mass is 32.2. The first-order valence-corrected chi connectivity index (χ1v) is 9.09. The highest BCUT2D eigenvalue weighted by Crippen LogP contribution is 2.36. The predicted molar refractivity (Wildman–Crippen MR) is 98.6 cm³/mol. The molecule has 0 aliphatic rings. The minimum atomic E-state index is -4.42. The number of nitro benzene ring substituents is 1. The fraction of sp³-hybridized carbons (Fsp3) is 0.167. The highest BCUT2D eigenvalue weighted by Gasteiger charge is 2.29. The van der Waals surface area contributed by atoms with Crippen LogP contribution in [0, 0.1) is 10.1 Å². The number of benzene rings is 2. The van der Waals surface area contributed by atoms with Gasteiger partial charge in [-0.1, -0.05) is 0 Å². The van der Waals surface area contributed by atoms with Crippen LogP contribution in [-0.2, 0) is 4.74 Å². The number of rotatable bonds is 6.